The third-order valence-electron chi connectivity index (χ3n) is 6.55. The van der Waals surface area contributed by atoms with Crippen LogP contribution in [0.5, 0.6) is 5.75 Å². The molecule has 1 fully saturated rings. The second-order valence-electron chi connectivity index (χ2n) is 8.74. The monoisotopic (exact) mass is 476 g/mol. The molecule has 6 nitrogen and oxygen atoms in total. The summed E-state index contributed by atoms with van der Waals surface area (Å²) in [6.07, 6.45) is 1.28. The third kappa shape index (κ3) is 4.73. The fraction of sp³-hybridized carbons (Fsp3) is 0.296. The average Bonchev–Trinajstić information content (AvgIpc) is 3.54. The molecule has 0 unspecified atom stereocenters. The van der Waals surface area contributed by atoms with Gasteiger partial charge in [-0.15, -0.1) is 11.3 Å². The van der Waals surface area contributed by atoms with Gasteiger partial charge in [0.1, 0.15) is 11.3 Å². The molecule has 176 valence electrons. The van der Waals surface area contributed by atoms with E-state index in [-0.39, 0.29) is 11.7 Å². The Labute approximate surface area is 202 Å². The van der Waals surface area contributed by atoms with Crippen molar-refractivity contribution in [3.05, 3.63) is 87.8 Å². The number of para-hydroxylation sites is 1. The van der Waals surface area contributed by atoms with Crippen LogP contribution in [0.2, 0.25) is 0 Å². The zero-order valence-corrected chi connectivity index (χ0v) is 19.9. The number of thiophene rings is 1. The summed E-state index contributed by atoms with van der Waals surface area (Å²) in [5, 5.41) is 17.1. The van der Waals surface area contributed by atoms with Gasteiger partial charge in [0.25, 0.3) is 5.91 Å². The SMILES string of the molecule is COc1ccccc1CN1CCC(O)(c2ccc3oc(C(=O)NCc4cccs4)cc3c2)CC1. The van der Waals surface area contributed by atoms with Crippen molar-refractivity contribution >= 4 is 28.2 Å². The molecule has 0 spiro atoms. The lowest BCUT2D eigenvalue weighted by Crippen LogP contribution is -2.42. The van der Waals surface area contributed by atoms with Crippen molar-refractivity contribution in [1.29, 1.82) is 0 Å². The number of benzene rings is 2. The van der Waals surface area contributed by atoms with Crippen LogP contribution >= 0.6 is 11.3 Å². The Morgan fingerprint density at radius 3 is 2.74 bits per heavy atom. The molecule has 0 saturated carbocycles. The van der Waals surface area contributed by atoms with Crippen LogP contribution in [-0.2, 0) is 18.7 Å². The molecule has 0 bridgehead atoms. The molecule has 0 radical (unpaired) electrons. The maximum atomic E-state index is 12.5. The van der Waals surface area contributed by atoms with Gasteiger partial charge in [-0.3, -0.25) is 9.69 Å². The van der Waals surface area contributed by atoms with Crippen molar-refractivity contribution in [2.75, 3.05) is 20.2 Å². The molecular weight excluding hydrogens is 448 g/mol. The van der Waals surface area contributed by atoms with Crippen LogP contribution in [0.4, 0.5) is 0 Å². The van der Waals surface area contributed by atoms with E-state index in [4.69, 9.17) is 9.15 Å². The summed E-state index contributed by atoms with van der Waals surface area (Å²) >= 11 is 1.60. The molecule has 0 atom stereocenters. The topological polar surface area (TPSA) is 74.9 Å². The number of ether oxygens (including phenoxy) is 1. The molecule has 1 amide bonds. The molecule has 1 aliphatic heterocycles. The lowest BCUT2D eigenvalue weighted by Gasteiger charge is -2.38. The number of likely N-dealkylation sites (tertiary alicyclic amines) is 1. The van der Waals surface area contributed by atoms with Crippen LogP contribution in [0.3, 0.4) is 0 Å². The van der Waals surface area contributed by atoms with E-state index in [9.17, 15) is 9.90 Å². The summed E-state index contributed by atoms with van der Waals surface area (Å²) in [5.74, 6) is 0.931. The van der Waals surface area contributed by atoms with E-state index in [1.165, 1.54) is 0 Å². The van der Waals surface area contributed by atoms with Gasteiger partial charge in [-0.2, -0.15) is 0 Å². The molecule has 0 aliphatic carbocycles. The maximum absolute atomic E-state index is 12.5. The fourth-order valence-electron chi connectivity index (χ4n) is 4.56. The van der Waals surface area contributed by atoms with Crippen LogP contribution in [-0.4, -0.2) is 36.1 Å². The standard InChI is InChI=1S/C27H28N2O4S/c1-32-23-7-3-2-5-19(23)18-29-12-10-27(31,11-13-29)21-8-9-24-20(15-21)16-25(33-24)26(30)28-17-22-6-4-14-34-22/h2-9,14-16,31H,10-13,17-18H2,1H3,(H,28,30). The van der Waals surface area contributed by atoms with Crippen LogP contribution in [0.15, 0.2) is 70.5 Å². The van der Waals surface area contributed by atoms with E-state index in [0.717, 1.165) is 46.8 Å². The second kappa shape index (κ2) is 9.62. The van der Waals surface area contributed by atoms with Crippen LogP contribution in [0, 0.1) is 0 Å². The molecule has 2 N–H and O–H groups in total. The van der Waals surface area contributed by atoms with Gasteiger partial charge in [-0.1, -0.05) is 30.3 Å². The first-order chi connectivity index (χ1) is 16.5. The Morgan fingerprint density at radius 1 is 1.15 bits per heavy atom. The largest absolute Gasteiger partial charge is 0.496 e. The minimum absolute atomic E-state index is 0.241. The highest BCUT2D eigenvalue weighted by atomic mass is 32.1. The molecule has 2 aromatic heterocycles. The molecule has 1 aliphatic rings. The van der Waals surface area contributed by atoms with E-state index >= 15 is 0 Å². The van der Waals surface area contributed by atoms with Gasteiger partial charge in [-0.25, -0.2) is 0 Å². The van der Waals surface area contributed by atoms with Gasteiger partial charge in [0.05, 0.1) is 19.3 Å². The lowest BCUT2D eigenvalue weighted by molar-refractivity contribution is -0.0277. The number of rotatable bonds is 7. The molecule has 3 heterocycles. The van der Waals surface area contributed by atoms with Crippen molar-refractivity contribution in [2.24, 2.45) is 0 Å². The second-order valence-corrected chi connectivity index (χ2v) is 9.78. The smallest absolute Gasteiger partial charge is 0.287 e. The number of nitrogens with one attached hydrogen (secondary N) is 1. The highest BCUT2D eigenvalue weighted by Crippen LogP contribution is 2.36. The number of nitrogens with zero attached hydrogens (tertiary/aromatic N) is 1. The number of methoxy groups -OCH3 is 1. The van der Waals surface area contributed by atoms with Gasteiger partial charge in [0.2, 0.25) is 0 Å². The van der Waals surface area contributed by atoms with Gasteiger partial charge in [0.15, 0.2) is 5.76 Å². The highest BCUT2D eigenvalue weighted by molar-refractivity contribution is 7.09. The summed E-state index contributed by atoms with van der Waals surface area (Å²) in [5.41, 5.74) is 1.76. The maximum Gasteiger partial charge on any atom is 0.287 e. The number of furan rings is 1. The fourth-order valence-corrected chi connectivity index (χ4v) is 5.20. The summed E-state index contributed by atoms with van der Waals surface area (Å²) in [4.78, 5) is 16.0. The van der Waals surface area contributed by atoms with E-state index in [1.807, 2.05) is 53.9 Å². The molecule has 34 heavy (non-hydrogen) atoms. The summed E-state index contributed by atoms with van der Waals surface area (Å²) < 4.78 is 11.2. The first kappa shape index (κ1) is 22.7. The predicted octanol–water partition coefficient (Wildman–Crippen LogP) is 4.92. The molecule has 7 heteroatoms. The number of carbonyl (C=O) groups is 1. The molecule has 5 rings (SSSR count). The minimum Gasteiger partial charge on any atom is -0.496 e. The average molecular weight is 477 g/mol. The number of hydrogen-bond acceptors (Lipinski definition) is 6. The summed E-state index contributed by atoms with van der Waals surface area (Å²) in [7, 11) is 1.69. The van der Waals surface area contributed by atoms with Gasteiger partial charge in [-0.05, 0) is 54.1 Å². The first-order valence-corrected chi connectivity index (χ1v) is 12.3. The van der Waals surface area contributed by atoms with Crippen molar-refractivity contribution < 1.29 is 19.1 Å². The van der Waals surface area contributed by atoms with E-state index < -0.39 is 5.60 Å². The van der Waals surface area contributed by atoms with Gasteiger partial charge in [0, 0.05) is 35.5 Å². The Hall–Kier alpha value is -3.13. The first-order valence-electron chi connectivity index (χ1n) is 11.5. The highest BCUT2D eigenvalue weighted by Gasteiger charge is 2.34. The molecule has 4 aromatic rings. The van der Waals surface area contributed by atoms with Gasteiger partial charge < -0.3 is 19.6 Å². The van der Waals surface area contributed by atoms with Crippen LogP contribution in [0.1, 0.15) is 39.4 Å². The number of piperidine rings is 1. The third-order valence-corrected chi connectivity index (χ3v) is 7.43. The lowest BCUT2D eigenvalue weighted by atomic mass is 9.84. The number of hydrogen-bond donors (Lipinski definition) is 2. The normalized spacial score (nSPS) is 15.9. The quantitative estimate of drug-likeness (QED) is 0.396. The number of aliphatic hydroxyl groups is 1. The van der Waals surface area contributed by atoms with Crippen molar-refractivity contribution in [3.8, 4) is 5.75 Å². The number of fused-ring (bicyclic) bond motifs is 1. The zero-order chi connectivity index (χ0) is 23.5. The molecule has 2 aromatic carbocycles. The summed E-state index contributed by atoms with van der Waals surface area (Å²) in [6, 6.07) is 19.5. The van der Waals surface area contributed by atoms with Gasteiger partial charge >= 0.3 is 0 Å². The Morgan fingerprint density at radius 2 is 1.97 bits per heavy atom. The zero-order valence-electron chi connectivity index (χ0n) is 19.1. The molecule has 1 saturated heterocycles. The predicted molar refractivity (Wildman–Crippen MR) is 133 cm³/mol. The van der Waals surface area contributed by atoms with E-state index in [1.54, 1.807) is 24.5 Å². The molecular formula is C27H28N2O4S. The summed E-state index contributed by atoms with van der Waals surface area (Å²) in [6.45, 7) is 2.84. The van der Waals surface area contributed by atoms with Crippen molar-refractivity contribution in [2.45, 2.75) is 31.5 Å². The Bertz CT molecular complexity index is 1270. The minimum atomic E-state index is -0.898. The number of carbonyl (C=O) groups excluding carboxylic acids is 1. The van der Waals surface area contributed by atoms with E-state index in [2.05, 4.69) is 16.3 Å². The Kier molecular flexibility index (Phi) is 6.41. The van der Waals surface area contributed by atoms with Crippen molar-refractivity contribution in [3.63, 3.8) is 0 Å². The number of amides is 1. The van der Waals surface area contributed by atoms with Crippen LogP contribution in [0.25, 0.3) is 11.0 Å². The Balaban J connectivity index is 1.25. The van der Waals surface area contributed by atoms with E-state index in [0.29, 0.717) is 25.0 Å². The van der Waals surface area contributed by atoms with Crippen molar-refractivity contribution in [1.82, 2.24) is 10.2 Å². The van der Waals surface area contributed by atoms with Crippen LogP contribution < -0.4 is 10.1 Å².